The lowest BCUT2D eigenvalue weighted by Crippen LogP contribution is -2.38. The summed E-state index contributed by atoms with van der Waals surface area (Å²) >= 11 is 0. The van der Waals surface area contributed by atoms with E-state index in [1.54, 1.807) is 0 Å². The molecular formula is C13H29NO2. The zero-order valence-corrected chi connectivity index (χ0v) is 11.6. The molecule has 1 unspecified atom stereocenters. The number of hydrogen-bond acceptors (Lipinski definition) is 3. The molecule has 3 heteroatoms. The molecule has 0 rings (SSSR count). The zero-order chi connectivity index (χ0) is 12.4. The van der Waals surface area contributed by atoms with Crippen LogP contribution < -0.4 is 5.32 Å². The topological polar surface area (TPSA) is 30.5 Å². The fourth-order valence-corrected chi connectivity index (χ4v) is 1.40. The monoisotopic (exact) mass is 231 g/mol. The van der Waals surface area contributed by atoms with Gasteiger partial charge >= 0.3 is 0 Å². The molecule has 0 radical (unpaired) electrons. The third kappa shape index (κ3) is 9.13. The van der Waals surface area contributed by atoms with E-state index in [0.29, 0.717) is 31.1 Å². The summed E-state index contributed by atoms with van der Waals surface area (Å²) in [6.45, 7) is 14.9. The minimum absolute atomic E-state index is 0.454. The third-order valence-corrected chi connectivity index (χ3v) is 2.39. The first-order valence-electron chi connectivity index (χ1n) is 6.46. The van der Waals surface area contributed by atoms with Crippen LogP contribution in [-0.4, -0.2) is 39.0 Å². The molecule has 0 bridgehead atoms. The normalized spacial score (nSPS) is 13.7. The molecule has 0 spiro atoms. The first-order valence-corrected chi connectivity index (χ1v) is 6.46. The first-order chi connectivity index (χ1) is 7.57. The molecule has 0 aliphatic rings. The van der Waals surface area contributed by atoms with Crippen molar-refractivity contribution < 1.29 is 9.47 Å². The minimum atomic E-state index is 0.454. The largest absolute Gasteiger partial charge is 0.379 e. The lowest BCUT2D eigenvalue weighted by atomic mass is 10.1. The summed E-state index contributed by atoms with van der Waals surface area (Å²) < 4.78 is 11.1. The molecule has 0 aromatic rings. The van der Waals surface area contributed by atoms with Crippen LogP contribution in [0.4, 0.5) is 0 Å². The van der Waals surface area contributed by atoms with Gasteiger partial charge in [0.05, 0.1) is 19.8 Å². The molecule has 0 fully saturated rings. The van der Waals surface area contributed by atoms with E-state index in [1.807, 2.05) is 0 Å². The van der Waals surface area contributed by atoms with Gasteiger partial charge in [0, 0.05) is 12.6 Å². The van der Waals surface area contributed by atoms with Crippen LogP contribution >= 0.6 is 0 Å². The Kier molecular flexibility index (Phi) is 9.99. The maximum absolute atomic E-state index is 5.60. The van der Waals surface area contributed by atoms with E-state index in [0.717, 1.165) is 19.8 Å². The van der Waals surface area contributed by atoms with E-state index in [-0.39, 0.29) is 0 Å². The van der Waals surface area contributed by atoms with Gasteiger partial charge < -0.3 is 14.8 Å². The van der Waals surface area contributed by atoms with Gasteiger partial charge in [0.1, 0.15) is 0 Å². The van der Waals surface area contributed by atoms with E-state index < -0.39 is 0 Å². The number of hydrogen-bond donors (Lipinski definition) is 1. The highest BCUT2D eigenvalue weighted by Gasteiger charge is 2.11. The van der Waals surface area contributed by atoms with Crippen molar-refractivity contribution in [3.05, 3.63) is 0 Å². The number of likely N-dealkylation sites (N-methyl/N-ethyl adjacent to an activating group) is 1. The van der Waals surface area contributed by atoms with E-state index in [1.165, 1.54) is 0 Å². The Morgan fingerprint density at radius 2 is 1.50 bits per heavy atom. The van der Waals surface area contributed by atoms with Crippen molar-refractivity contribution >= 4 is 0 Å². The highest BCUT2D eigenvalue weighted by atomic mass is 16.5. The summed E-state index contributed by atoms with van der Waals surface area (Å²) in [5.41, 5.74) is 0. The predicted molar refractivity (Wildman–Crippen MR) is 68.8 cm³/mol. The van der Waals surface area contributed by atoms with Crippen LogP contribution in [0.1, 0.15) is 34.6 Å². The third-order valence-electron chi connectivity index (χ3n) is 2.39. The number of rotatable bonds is 10. The maximum atomic E-state index is 5.60. The van der Waals surface area contributed by atoms with Crippen LogP contribution in [0.5, 0.6) is 0 Å². The van der Waals surface area contributed by atoms with Crippen molar-refractivity contribution in [2.75, 3.05) is 33.0 Å². The standard InChI is InChI=1S/C13H29NO2/c1-6-14-13(12(4)5)10-16-8-7-15-9-11(2)3/h11-14H,6-10H2,1-5H3. The summed E-state index contributed by atoms with van der Waals surface area (Å²) in [7, 11) is 0. The van der Waals surface area contributed by atoms with Crippen LogP contribution in [-0.2, 0) is 9.47 Å². The molecule has 98 valence electrons. The summed E-state index contributed by atoms with van der Waals surface area (Å²) in [5.74, 6) is 1.21. The Morgan fingerprint density at radius 3 is 1.94 bits per heavy atom. The van der Waals surface area contributed by atoms with E-state index in [2.05, 4.69) is 39.9 Å². The molecule has 3 nitrogen and oxygen atoms in total. The molecule has 0 aliphatic heterocycles. The average molecular weight is 231 g/mol. The summed E-state index contributed by atoms with van der Waals surface area (Å²) in [5, 5.41) is 3.43. The van der Waals surface area contributed by atoms with Gasteiger partial charge in [0.25, 0.3) is 0 Å². The fraction of sp³-hybridized carbons (Fsp3) is 1.00. The average Bonchev–Trinajstić information content (AvgIpc) is 2.20. The molecule has 0 heterocycles. The lowest BCUT2D eigenvalue weighted by Gasteiger charge is -2.21. The molecule has 1 N–H and O–H groups in total. The van der Waals surface area contributed by atoms with Crippen molar-refractivity contribution in [2.24, 2.45) is 11.8 Å². The van der Waals surface area contributed by atoms with Crippen molar-refractivity contribution in [1.82, 2.24) is 5.32 Å². The molecule has 0 aliphatic carbocycles. The summed E-state index contributed by atoms with van der Waals surface area (Å²) in [6, 6.07) is 0.454. The minimum Gasteiger partial charge on any atom is -0.379 e. The molecule has 0 aromatic carbocycles. The van der Waals surface area contributed by atoms with Gasteiger partial charge in [-0.05, 0) is 18.4 Å². The molecule has 0 aromatic heterocycles. The van der Waals surface area contributed by atoms with Crippen LogP contribution in [0.25, 0.3) is 0 Å². The molecular weight excluding hydrogens is 202 g/mol. The van der Waals surface area contributed by atoms with E-state index in [4.69, 9.17) is 9.47 Å². The zero-order valence-electron chi connectivity index (χ0n) is 11.6. The molecule has 0 saturated heterocycles. The summed E-state index contributed by atoms with van der Waals surface area (Å²) in [4.78, 5) is 0. The van der Waals surface area contributed by atoms with E-state index >= 15 is 0 Å². The second-order valence-corrected chi connectivity index (χ2v) is 4.95. The van der Waals surface area contributed by atoms with Crippen LogP contribution in [0.2, 0.25) is 0 Å². The Hall–Kier alpha value is -0.120. The molecule has 16 heavy (non-hydrogen) atoms. The van der Waals surface area contributed by atoms with Gasteiger partial charge in [0.2, 0.25) is 0 Å². The van der Waals surface area contributed by atoms with E-state index in [9.17, 15) is 0 Å². The van der Waals surface area contributed by atoms with Crippen molar-refractivity contribution in [3.63, 3.8) is 0 Å². The van der Waals surface area contributed by atoms with Crippen LogP contribution in [0.3, 0.4) is 0 Å². The smallest absolute Gasteiger partial charge is 0.0701 e. The van der Waals surface area contributed by atoms with Gasteiger partial charge in [-0.25, -0.2) is 0 Å². The SMILES string of the molecule is CCNC(COCCOCC(C)C)C(C)C. The van der Waals surface area contributed by atoms with Gasteiger partial charge in [-0.3, -0.25) is 0 Å². The number of nitrogens with one attached hydrogen (secondary N) is 1. The van der Waals surface area contributed by atoms with Crippen molar-refractivity contribution in [2.45, 2.75) is 40.7 Å². The van der Waals surface area contributed by atoms with Gasteiger partial charge in [-0.2, -0.15) is 0 Å². The summed E-state index contributed by atoms with van der Waals surface area (Å²) in [6.07, 6.45) is 0. The molecule has 0 saturated carbocycles. The Bertz CT molecular complexity index is 149. The first kappa shape index (κ1) is 15.9. The van der Waals surface area contributed by atoms with Crippen molar-refractivity contribution in [3.8, 4) is 0 Å². The predicted octanol–water partition coefficient (Wildman–Crippen LogP) is 2.31. The van der Waals surface area contributed by atoms with Crippen molar-refractivity contribution in [1.29, 1.82) is 0 Å². The van der Waals surface area contributed by atoms with Gasteiger partial charge in [-0.15, -0.1) is 0 Å². The second-order valence-electron chi connectivity index (χ2n) is 4.95. The van der Waals surface area contributed by atoms with Crippen LogP contribution in [0.15, 0.2) is 0 Å². The Labute approximate surface area is 101 Å². The van der Waals surface area contributed by atoms with Crippen LogP contribution in [0, 0.1) is 11.8 Å². The quantitative estimate of drug-likeness (QED) is 0.585. The molecule has 0 amide bonds. The van der Waals surface area contributed by atoms with Gasteiger partial charge in [-0.1, -0.05) is 34.6 Å². The molecule has 1 atom stereocenters. The maximum Gasteiger partial charge on any atom is 0.0701 e. The van der Waals surface area contributed by atoms with Gasteiger partial charge in [0.15, 0.2) is 0 Å². The Morgan fingerprint density at radius 1 is 0.938 bits per heavy atom. The number of ether oxygens (including phenoxy) is 2. The lowest BCUT2D eigenvalue weighted by molar-refractivity contribution is 0.0263. The second kappa shape index (κ2) is 10.1. The highest BCUT2D eigenvalue weighted by Crippen LogP contribution is 2.01. The highest BCUT2D eigenvalue weighted by molar-refractivity contribution is 4.68. The fourth-order valence-electron chi connectivity index (χ4n) is 1.40. The Balaban J connectivity index is 3.40.